The number of rotatable bonds is 2. The lowest BCUT2D eigenvalue weighted by Crippen LogP contribution is -2.44. The number of benzene rings is 2. The molecule has 5 rings (SSSR count). The molecule has 0 heteroatoms. The van der Waals surface area contributed by atoms with Crippen LogP contribution in [0.3, 0.4) is 0 Å². The summed E-state index contributed by atoms with van der Waals surface area (Å²) in [5.74, 6) is 1.58. The maximum Gasteiger partial charge on any atom is 0.0277 e. The van der Waals surface area contributed by atoms with Crippen molar-refractivity contribution in [3.63, 3.8) is 0 Å². The summed E-state index contributed by atoms with van der Waals surface area (Å²) in [5, 5.41) is 0. The van der Waals surface area contributed by atoms with Gasteiger partial charge in [0.05, 0.1) is 0 Å². The lowest BCUT2D eigenvalue weighted by molar-refractivity contribution is 0.137. The summed E-state index contributed by atoms with van der Waals surface area (Å²) in [6, 6.07) is 20.8. The molecule has 2 fully saturated rings. The van der Waals surface area contributed by atoms with Gasteiger partial charge >= 0.3 is 0 Å². The molecule has 0 saturated heterocycles. The first-order chi connectivity index (χ1) is 12.4. The van der Waals surface area contributed by atoms with Gasteiger partial charge in [-0.2, -0.15) is 0 Å². The Morgan fingerprint density at radius 2 is 1.32 bits per heavy atom. The van der Waals surface area contributed by atoms with E-state index in [0.717, 1.165) is 11.8 Å². The monoisotopic (exact) mass is 328 g/mol. The van der Waals surface area contributed by atoms with Crippen molar-refractivity contribution in [3.8, 4) is 11.1 Å². The Morgan fingerprint density at radius 3 is 2.00 bits per heavy atom. The predicted molar refractivity (Wildman–Crippen MR) is 103 cm³/mol. The highest BCUT2D eigenvalue weighted by atomic mass is 14.6. The Hall–Kier alpha value is -1.56. The summed E-state index contributed by atoms with van der Waals surface area (Å²) in [4.78, 5) is 0. The molecule has 0 unspecified atom stereocenters. The quantitative estimate of drug-likeness (QED) is 0.574. The number of hydrogen-bond donors (Lipinski definition) is 0. The second-order valence-corrected chi connectivity index (χ2v) is 8.46. The SMILES string of the molecule is [c]1cc[c]c2c1-c1ccccc1C2(C1CCCCC1)C1CCCCC1. The molecule has 0 N–H and O–H groups in total. The van der Waals surface area contributed by atoms with Gasteiger partial charge in [0.2, 0.25) is 0 Å². The van der Waals surface area contributed by atoms with Crippen molar-refractivity contribution >= 4 is 0 Å². The molecule has 2 aromatic carbocycles. The Labute approximate surface area is 152 Å². The van der Waals surface area contributed by atoms with Gasteiger partial charge in [-0.1, -0.05) is 74.9 Å². The fraction of sp³-hybridized carbons (Fsp3) is 0.520. The Kier molecular flexibility index (Phi) is 3.95. The van der Waals surface area contributed by atoms with Crippen LogP contribution in [0.15, 0.2) is 36.4 Å². The predicted octanol–water partition coefficient (Wildman–Crippen LogP) is 6.71. The minimum Gasteiger partial charge on any atom is -0.0619 e. The zero-order valence-corrected chi connectivity index (χ0v) is 15.2. The normalized spacial score (nSPS) is 23.2. The maximum absolute atomic E-state index is 3.75. The molecular formula is C25H28. The molecule has 2 aromatic rings. The Bertz CT molecular complexity index is 679. The van der Waals surface area contributed by atoms with E-state index in [1.165, 1.54) is 80.9 Å². The number of hydrogen-bond acceptors (Lipinski definition) is 0. The highest BCUT2D eigenvalue weighted by Crippen LogP contribution is 2.61. The van der Waals surface area contributed by atoms with Crippen molar-refractivity contribution in [2.75, 3.05) is 0 Å². The van der Waals surface area contributed by atoms with Crippen LogP contribution in [0.2, 0.25) is 0 Å². The van der Waals surface area contributed by atoms with Crippen LogP contribution >= 0.6 is 0 Å². The van der Waals surface area contributed by atoms with Crippen LogP contribution in [0.25, 0.3) is 11.1 Å². The minimum absolute atomic E-state index is 0.213. The average Bonchev–Trinajstić information content (AvgIpc) is 3.01. The smallest absolute Gasteiger partial charge is 0.0277 e. The second kappa shape index (κ2) is 6.31. The van der Waals surface area contributed by atoms with Gasteiger partial charge in [0.25, 0.3) is 0 Å². The second-order valence-electron chi connectivity index (χ2n) is 8.46. The molecule has 0 aliphatic heterocycles. The van der Waals surface area contributed by atoms with E-state index >= 15 is 0 Å². The summed E-state index contributed by atoms with van der Waals surface area (Å²) in [5.41, 5.74) is 6.13. The fourth-order valence-corrected chi connectivity index (χ4v) is 6.43. The van der Waals surface area contributed by atoms with E-state index in [4.69, 9.17) is 0 Å². The van der Waals surface area contributed by atoms with Crippen molar-refractivity contribution in [1.29, 1.82) is 0 Å². The van der Waals surface area contributed by atoms with Gasteiger partial charge in [-0.15, -0.1) is 0 Å². The van der Waals surface area contributed by atoms with E-state index < -0.39 is 0 Å². The van der Waals surface area contributed by atoms with Gasteiger partial charge in [-0.05, 0) is 71.9 Å². The van der Waals surface area contributed by atoms with Crippen molar-refractivity contribution in [3.05, 3.63) is 59.7 Å². The van der Waals surface area contributed by atoms with E-state index in [1.807, 2.05) is 0 Å². The van der Waals surface area contributed by atoms with Crippen LogP contribution in [0.5, 0.6) is 0 Å². The van der Waals surface area contributed by atoms with Crippen LogP contribution in [-0.4, -0.2) is 0 Å². The molecule has 25 heavy (non-hydrogen) atoms. The molecule has 0 amide bonds. The van der Waals surface area contributed by atoms with Crippen molar-refractivity contribution in [2.24, 2.45) is 11.8 Å². The Morgan fingerprint density at radius 1 is 0.720 bits per heavy atom. The Balaban J connectivity index is 1.76. The van der Waals surface area contributed by atoms with Gasteiger partial charge in [0.1, 0.15) is 0 Å². The zero-order chi connectivity index (χ0) is 16.7. The lowest BCUT2D eigenvalue weighted by atomic mass is 9.55. The van der Waals surface area contributed by atoms with Gasteiger partial charge in [-0.3, -0.25) is 0 Å². The van der Waals surface area contributed by atoms with Crippen molar-refractivity contribution in [1.82, 2.24) is 0 Å². The highest BCUT2D eigenvalue weighted by Gasteiger charge is 2.53. The topological polar surface area (TPSA) is 0 Å². The van der Waals surface area contributed by atoms with Crippen LogP contribution in [0, 0.1) is 24.0 Å². The molecule has 2 radical (unpaired) electrons. The van der Waals surface area contributed by atoms with E-state index in [-0.39, 0.29) is 5.41 Å². The summed E-state index contributed by atoms with van der Waals surface area (Å²) < 4.78 is 0. The van der Waals surface area contributed by atoms with Gasteiger partial charge in [0.15, 0.2) is 0 Å². The molecule has 0 nitrogen and oxygen atoms in total. The molecule has 0 bridgehead atoms. The minimum atomic E-state index is 0.213. The van der Waals surface area contributed by atoms with Crippen LogP contribution in [0.4, 0.5) is 0 Å². The van der Waals surface area contributed by atoms with Gasteiger partial charge < -0.3 is 0 Å². The molecular weight excluding hydrogens is 300 g/mol. The van der Waals surface area contributed by atoms with Crippen LogP contribution < -0.4 is 0 Å². The van der Waals surface area contributed by atoms with Gasteiger partial charge in [0, 0.05) is 5.41 Å². The van der Waals surface area contributed by atoms with E-state index in [1.54, 1.807) is 5.56 Å². The first-order valence-corrected chi connectivity index (χ1v) is 10.4. The van der Waals surface area contributed by atoms with Crippen LogP contribution in [-0.2, 0) is 5.41 Å². The van der Waals surface area contributed by atoms with E-state index in [9.17, 15) is 0 Å². The molecule has 0 heterocycles. The standard InChI is InChI=1S/C25H28/c1-3-11-19(12-4-1)25(20-13-5-2-6-14-20)23-17-9-7-15-21(23)22-16-8-10-18-24(22)25/h7-10,15,17,19-20H,1-6,11-14H2. The summed E-state index contributed by atoms with van der Waals surface area (Å²) in [6.07, 6.45) is 14.1. The third-order valence-corrected chi connectivity index (χ3v) is 7.34. The number of fused-ring (bicyclic) bond motifs is 3. The average molecular weight is 328 g/mol. The lowest BCUT2D eigenvalue weighted by Gasteiger charge is -2.48. The summed E-state index contributed by atoms with van der Waals surface area (Å²) >= 11 is 0. The summed E-state index contributed by atoms with van der Waals surface area (Å²) in [6.45, 7) is 0. The van der Waals surface area contributed by atoms with Crippen LogP contribution in [0.1, 0.15) is 75.3 Å². The maximum atomic E-state index is 3.75. The molecule has 0 atom stereocenters. The van der Waals surface area contributed by atoms with Crippen molar-refractivity contribution in [2.45, 2.75) is 69.6 Å². The molecule has 0 spiro atoms. The van der Waals surface area contributed by atoms with Gasteiger partial charge in [-0.25, -0.2) is 0 Å². The first kappa shape index (κ1) is 15.7. The third-order valence-electron chi connectivity index (χ3n) is 7.34. The van der Waals surface area contributed by atoms with Crippen molar-refractivity contribution < 1.29 is 0 Å². The molecule has 128 valence electrons. The largest absolute Gasteiger partial charge is 0.0619 e. The first-order valence-electron chi connectivity index (χ1n) is 10.4. The molecule has 2 saturated carbocycles. The third kappa shape index (κ3) is 2.26. The molecule has 3 aliphatic rings. The molecule has 3 aliphatic carbocycles. The van der Waals surface area contributed by atoms with E-state index in [2.05, 4.69) is 48.5 Å². The molecule has 0 aromatic heterocycles. The fourth-order valence-electron chi connectivity index (χ4n) is 6.43. The summed E-state index contributed by atoms with van der Waals surface area (Å²) in [7, 11) is 0. The zero-order valence-electron chi connectivity index (χ0n) is 15.2. The highest BCUT2D eigenvalue weighted by molar-refractivity contribution is 5.80. The van der Waals surface area contributed by atoms with E-state index in [0.29, 0.717) is 0 Å².